The maximum atomic E-state index is 12.9. The van der Waals surface area contributed by atoms with Crippen LogP contribution in [0.3, 0.4) is 0 Å². The summed E-state index contributed by atoms with van der Waals surface area (Å²) in [6.07, 6.45) is 1.93. The Morgan fingerprint density at radius 2 is 1.84 bits per heavy atom. The van der Waals surface area contributed by atoms with Gasteiger partial charge in [-0.2, -0.15) is 0 Å². The van der Waals surface area contributed by atoms with Gasteiger partial charge in [-0.05, 0) is 48.4 Å². The number of hydrogen-bond donors (Lipinski definition) is 1. The van der Waals surface area contributed by atoms with Crippen LogP contribution in [-0.4, -0.2) is 72.3 Å². The zero-order valence-corrected chi connectivity index (χ0v) is 19.3. The number of carbonyl (C=O) groups excluding carboxylic acids is 2. The third-order valence-electron chi connectivity index (χ3n) is 6.51. The summed E-state index contributed by atoms with van der Waals surface area (Å²) >= 11 is 1.83. The Balaban J connectivity index is 1.23. The number of carbonyl (C=O) groups is 2. The number of nitrogens with zero attached hydrogens (tertiary/aromatic N) is 3. The molecular weight excluding hydrogens is 408 g/mol. The molecule has 7 heteroatoms. The second-order valence-electron chi connectivity index (χ2n) is 8.41. The highest BCUT2D eigenvalue weighted by Gasteiger charge is 2.29. The maximum Gasteiger partial charge on any atom is 0.238 e. The minimum atomic E-state index is 0.00869. The van der Waals surface area contributed by atoms with E-state index in [4.69, 9.17) is 0 Å². The van der Waals surface area contributed by atoms with E-state index in [1.807, 2.05) is 40.5 Å². The third-order valence-corrected chi connectivity index (χ3v) is 7.50. The van der Waals surface area contributed by atoms with Gasteiger partial charge in [-0.15, -0.1) is 11.3 Å². The van der Waals surface area contributed by atoms with Crippen LogP contribution in [0.15, 0.2) is 35.7 Å². The molecule has 3 heterocycles. The molecule has 0 radical (unpaired) electrons. The van der Waals surface area contributed by atoms with E-state index < -0.39 is 0 Å². The molecule has 1 aromatic carbocycles. The van der Waals surface area contributed by atoms with E-state index in [1.54, 1.807) is 0 Å². The quantitative estimate of drug-likeness (QED) is 0.750. The fourth-order valence-corrected chi connectivity index (χ4v) is 5.51. The largest absolute Gasteiger partial charge is 0.339 e. The van der Waals surface area contributed by atoms with Crippen molar-refractivity contribution in [3.63, 3.8) is 0 Å². The zero-order chi connectivity index (χ0) is 21.8. The van der Waals surface area contributed by atoms with Crippen molar-refractivity contribution in [3.8, 4) is 0 Å². The predicted octanol–water partition coefficient (Wildman–Crippen LogP) is 3.01. The average Bonchev–Trinajstić information content (AvgIpc) is 3.26. The number of benzene rings is 1. The number of hydrogen-bond acceptors (Lipinski definition) is 5. The molecule has 2 aliphatic rings. The number of nitrogens with one attached hydrogen (secondary N) is 1. The lowest BCUT2D eigenvalue weighted by molar-refractivity contribution is -0.135. The van der Waals surface area contributed by atoms with Crippen molar-refractivity contribution < 1.29 is 9.59 Å². The topological polar surface area (TPSA) is 55.9 Å². The van der Waals surface area contributed by atoms with Crippen LogP contribution in [0.5, 0.6) is 0 Å². The summed E-state index contributed by atoms with van der Waals surface area (Å²) in [5.74, 6) is 0.209. The van der Waals surface area contributed by atoms with Gasteiger partial charge in [0.2, 0.25) is 11.8 Å². The van der Waals surface area contributed by atoms with Crippen LogP contribution in [0.2, 0.25) is 0 Å². The highest BCUT2D eigenvalue weighted by atomic mass is 32.1. The lowest BCUT2D eigenvalue weighted by Crippen LogP contribution is -2.53. The standard InChI is InChI=1S/C24H32N4O2S/c1-3-19-6-4-5-7-21(19)25-23(29)16-26-11-13-27(14-12-26)24(30)17-28-10-8-22-20(18(28)2)9-15-31-22/h4-7,9,15,18H,3,8,10-14,16-17H2,1-2H3,(H,25,29). The van der Waals surface area contributed by atoms with E-state index in [-0.39, 0.29) is 11.8 Å². The van der Waals surface area contributed by atoms with Crippen molar-refractivity contribution in [3.05, 3.63) is 51.7 Å². The molecule has 1 atom stereocenters. The number of aryl methyl sites for hydroxylation is 1. The van der Waals surface area contributed by atoms with Crippen LogP contribution >= 0.6 is 11.3 Å². The third kappa shape index (κ3) is 5.17. The number of para-hydroxylation sites is 1. The van der Waals surface area contributed by atoms with Gasteiger partial charge >= 0.3 is 0 Å². The van der Waals surface area contributed by atoms with Crippen LogP contribution in [0.1, 0.15) is 35.9 Å². The van der Waals surface area contributed by atoms with Gasteiger partial charge in [0.15, 0.2) is 0 Å². The van der Waals surface area contributed by atoms with Gasteiger partial charge in [-0.25, -0.2) is 0 Å². The summed E-state index contributed by atoms with van der Waals surface area (Å²) < 4.78 is 0. The average molecular weight is 441 g/mol. The molecule has 1 aromatic heterocycles. The molecule has 2 aliphatic heterocycles. The van der Waals surface area contributed by atoms with E-state index in [0.29, 0.717) is 32.2 Å². The van der Waals surface area contributed by atoms with Crippen LogP contribution < -0.4 is 5.32 Å². The summed E-state index contributed by atoms with van der Waals surface area (Å²) in [6.45, 7) is 8.91. The monoisotopic (exact) mass is 440 g/mol. The molecule has 0 aliphatic carbocycles. The molecule has 1 N–H and O–H groups in total. The molecular formula is C24H32N4O2S. The molecule has 4 rings (SSSR count). The van der Waals surface area contributed by atoms with Gasteiger partial charge in [0.1, 0.15) is 0 Å². The van der Waals surface area contributed by atoms with E-state index >= 15 is 0 Å². The van der Waals surface area contributed by atoms with Gasteiger partial charge in [-0.1, -0.05) is 25.1 Å². The Labute approximate surface area is 188 Å². The smallest absolute Gasteiger partial charge is 0.238 e. The predicted molar refractivity (Wildman–Crippen MR) is 125 cm³/mol. The number of fused-ring (bicyclic) bond motifs is 1. The van der Waals surface area contributed by atoms with E-state index in [1.165, 1.54) is 10.4 Å². The number of piperazine rings is 1. The van der Waals surface area contributed by atoms with Gasteiger partial charge in [0.05, 0.1) is 13.1 Å². The molecule has 0 saturated carbocycles. The lowest BCUT2D eigenvalue weighted by Gasteiger charge is -2.37. The molecule has 2 amide bonds. The van der Waals surface area contributed by atoms with Crippen LogP contribution in [0.4, 0.5) is 5.69 Å². The molecule has 1 fully saturated rings. The minimum Gasteiger partial charge on any atom is -0.339 e. The van der Waals surface area contributed by atoms with Gasteiger partial charge in [-0.3, -0.25) is 19.4 Å². The fourth-order valence-electron chi connectivity index (χ4n) is 4.55. The molecule has 2 aromatic rings. The van der Waals surface area contributed by atoms with E-state index in [0.717, 1.165) is 43.7 Å². The lowest BCUT2D eigenvalue weighted by atomic mass is 10.0. The Morgan fingerprint density at radius 1 is 1.06 bits per heavy atom. The molecule has 0 bridgehead atoms. The Bertz CT molecular complexity index is 920. The zero-order valence-electron chi connectivity index (χ0n) is 18.5. The Hall–Kier alpha value is -2.22. The van der Waals surface area contributed by atoms with Gasteiger partial charge in [0, 0.05) is 49.3 Å². The number of anilines is 1. The summed E-state index contributed by atoms with van der Waals surface area (Å²) in [5, 5.41) is 5.20. The van der Waals surface area contributed by atoms with Crippen molar-refractivity contribution in [2.75, 3.05) is 51.1 Å². The summed E-state index contributed by atoms with van der Waals surface area (Å²) in [5.41, 5.74) is 3.42. The van der Waals surface area contributed by atoms with Crippen LogP contribution in [0, 0.1) is 0 Å². The van der Waals surface area contributed by atoms with Crippen molar-refractivity contribution >= 4 is 28.8 Å². The van der Waals surface area contributed by atoms with Crippen molar-refractivity contribution in [2.45, 2.75) is 32.7 Å². The Morgan fingerprint density at radius 3 is 2.61 bits per heavy atom. The number of thiophene rings is 1. The molecule has 1 saturated heterocycles. The molecule has 1 unspecified atom stereocenters. The number of rotatable bonds is 6. The first-order valence-electron chi connectivity index (χ1n) is 11.2. The number of amides is 2. The molecule has 6 nitrogen and oxygen atoms in total. The first-order chi connectivity index (χ1) is 15.0. The summed E-state index contributed by atoms with van der Waals surface area (Å²) in [7, 11) is 0. The molecule has 31 heavy (non-hydrogen) atoms. The van der Waals surface area contributed by atoms with E-state index in [9.17, 15) is 9.59 Å². The van der Waals surface area contributed by atoms with Gasteiger partial charge < -0.3 is 10.2 Å². The highest BCUT2D eigenvalue weighted by molar-refractivity contribution is 7.10. The second-order valence-corrected chi connectivity index (χ2v) is 9.41. The molecule has 0 spiro atoms. The fraction of sp³-hybridized carbons (Fsp3) is 0.500. The summed E-state index contributed by atoms with van der Waals surface area (Å²) in [6, 6.07) is 10.4. The van der Waals surface area contributed by atoms with Crippen molar-refractivity contribution in [2.24, 2.45) is 0 Å². The normalized spacial score (nSPS) is 19.8. The summed E-state index contributed by atoms with van der Waals surface area (Å²) in [4.78, 5) is 33.2. The van der Waals surface area contributed by atoms with Gasteiger partial charge in [0.25, 0.3) is 0 Å². The van der Waals surface area contributed by atoms with E-state index in [2.05, 4.69) is 40.4 Å². The molecule has 166 valence electrons. The van der Waals surface area contributed by atoms with Crippen LogP contribution in [0.25, 0.3) is 0 Å². The SMILES string of the molecule is CCc1ccccc1NC(=O)CN1CCN(C(=O)CN2CCc3sccc3C2C)CC1. The Kier molecular flexibility index (Phi) is 7.05. The van der Waals surface area contributed by atoms with Crippen LogP contribution in [-0.2, 0) is 22.4 Å². The second kappa shape index (κ2) is 9.94. The van der Waals surface area contributed by atoms with Crippen molar-refractivity contribution in [1.82, 2.24) is 14.7 Å². The maximum absolute atomic E-state index is 12.9. The highest BCUT2D eigenvalue weighted by Crippen LogP contribution is 2.32. The van der Waals surface area contributed by atoms with Crippen molar-refractivity contribution in [1.29, 1.82) is 0 Å². The minimum absolute atomic E-state index is 0.00869. The first kappa shape index (κ1) is 22.0. The first-order valence-corrected chi connectivity index (χ1v) is 12.1.